The van der Waals surface area contributed by atoms with Gasteiger partial charge in [0.1, 0.15) is 5.82 Å². The molecule has 0 aliphatic carbocycles. The van der Waals surface area contributed by atoms with Crippen molar-refractivity contribution < 1.29 is 4.79 Å². The number of nitrogens with zero attached hydrogens (tertiary/aromatic N) is 4. The first-order chi connectivity index (χ1) is 12.2. The highest BCUT2D eigenvalue weighted by Gasteiger charge is 2.15. The molecule has 1 aromatic carbocycles. The van der Waals surface area contributed by atoms with Crippen LogP contribution in [0.5, 0.6) is 0 Å². The first kappa shape index (κ1) is 17.9. The average molecular weight is 343 g/mol. The van der Waals surface area contributed by atoms with E-state index in [0.29, 0.717) is 13.1 Å². The number of imidazole rings is 1. The Bertz CT molecular complexity index is 711. The number of hydrogen-bond acceptors (Lipinski definition) is 4. The van der Waals surface area contributed by atoms with Crippen LogP contribution in [0.1, 0.15) is 19.2 Å². The maximum atomic E-state index is 12.2. The number of likely N-dealkylation sites (N-methyl/N-ethyl adjacent to an activating group) is 1. The van der Waals surface area contributed by atoms with Crippen LogP contribution in [0.15, 0.2) is 24.3 Å². The molecule has 0 atom stereocenters. The molecule has 136 valence electrons. The summed E-state index contributed by atoms with van der Waals surface area (Å²) >= 11 is 0. The van der Waals surface area contributed by atoms with E-state index in [0.717, 1.165) is 56.9 Å². The van der Waals surface area contributed by atoms with Gasteiger partial charge in [-0.25, -0.2) is 4.98 Å². The molecule has 0 radical (unpaired) electrons. The van der Waals surface area contributed by atoms with E-state index < -0.39 is 0 Å². The Morgan fingerprint density at radius 3 is 2.88 bits per heavy atom. The molecule has 1 amide bonds. The molecule has 2 heterocycles. The van der Waals surface area contributed by atoms with Gasteiger partial charge in [-0.15, -0.1) is 0 Å². The predicted molar refractivity (Wildman–Crippen MR) is 101 cm³/mol. The van der Waals surface area contributed by atoms with Gasteiger partial charge in [-0.2, -0.15) is 0 Å². The summed E-state index contributed by atoms with van der Waals surface area (Å²) < 4.78 is 2.23. The molecule has 1 saturated heterocycles. The Morgan fingerprint density at radius 2 is 2.04 bits per heavy atom. The number of benzene rings is 1. The standard InChI is InChI=1S/C19H29N5O/c1-3-24-17-8-5-4-7-16(17)21-18(24)9-10-20-19(25)15-23-12-6-11-22(2)13-14-23/h4-5,7-8H,3,6,9-15H2,1-2H3,(H,20,25). The molecule has 0 bridgehead atoms. The van der Waals surface area contributed by atoms with E-state index in [2.05, 4.69) is 39.7 Å². The summed E-state index contributed by atoms with van der Waals surface area (Å²) in [6, 6.07) is 8.20. The van der Waals surface area contributed by atoms with Crippen LogP contribution >= 0.6 is 0 Å². The summed E-state index contributed by atoms with van der Waals surface area (Å²) in [5.41, 5.74) is 2.19. The second-order valence-corrected chi connectivity index (χ2v) is 6.79. The van der Waals surface area contributed by atoms with Crippen molar-refractivity contribution in [2.75, 3.05) is 46.3 Å². The summed E-state index contributed by atoms with van der Waals surface area (Å²) in [6.07, 6.45) is 1.89. The number of rotatable bonds is 6. The van der Waals surface area contributed by atoms with E-state index in [-0.39, 0.29) is 5.91 Å². The Kier molecular flexibility index (Phi) is 6.04. The Balaban J connectivity index is 1.50. The minimum atomic E-state index is 0.115. The number of aryl methyl sites for hydroxylation is 1. The van der Waals surface area contributed by atoms with Gasteiger partial charge in [0.2, 0.25) is 5.91 Å². The number of fused-ring (bicyclic) bond motifs is 1. The van der Waals surface area contributed by atoms with Crippen LogP contribution in [0.4, 0.5) is 0 Å². The van der Waals surface area contributed by atoms with Gasteiger partial charge in [0.25, 0.3) is 0 Å². The fraction of sp³-hybridized carbons (Fsp3) is 0.579. The maximum Gasteiger partial charge on any atom is 0.234 e. The van der Waals surface area contributed by atoms with Gasteiger partial charge in [0.05, 0.1) is 17.6 Å². The third kappa shape index (κ3) is 4.58. The van der Waals surface area contributed by atoms with Gasteiger partial charge < -0.3 is 14.8 Å². The van der Waals surface area contributed by atoms with Gasteiger partial charge in [0, 0.05) is 32.6 Å². The largest absolute Gasteiger partial charge is 0.355 e. The summed E-state index contributed by atoms with van der Waals surface area (Å²) in [5.74, 6) is 1.16. The van der Waals surface area contributed by atoms with Gasteiger partial charge in [-0.3, -0.25) is 9.69 Å². The number of carbonyl (C=O) groups is 1. The molecule has 25 heavy (non-hydrogen) atoms. The monoisotopic (exact) mass is 343 g/mol. The lowest BCUT2D eigenvalue weighted by molar-refractivity contribution is -0.122. The van der Waals surface area contributed by atoms with Crippen molar-refractivity contribution in [1.82, 2.24) is 24.7 Å². The number of para-hydroxylation sites is 2. The van der Waals surface area contributed by atoms with Crippen molar-refractivity contribution in [3.05, 3.63) is 30.1 Å². The van der Waals surface area contributed by atoms with Gasteiger partial charge in [0.15, 0.2) is 0 Å². The molecule has 2 aromatic rings. The van der Waals surface area contributed by atoms with E-state index in [4.69, 9.17) is 4.98 Å². The number of amides is 1. The maximum absolute atomic E-state index is 12.2. The quantitative estimate of drug-likeness (QED) is 0.860. The lowest BCUT2D eigenvalue weighted by atomic mass is 10.3. The first-order valence-electron chi connectivity index (χ1n) is 9.29. The van der Waals surface area contributed by atoms with Crippen LogP contribution in [-0.2, 0) is 17.8 Å². The van der Waals surface area contributed by atoms with Crippen molar-refractivity contribution >= 4 is 16.9 Å². The first-order valence-corrected chi connectivity index (χ1v) is 9.29. The van der Waals surface area contributed by atoms with Crippen LogP contribution in [0.2, 0.25) is 0 Å². The number of carbonyl (C=O) groups excluding carboxylic acids is 1. The number of hydrogen-bond donors (Lipinski definition) is 1. The normalized spacial score (nSPS) is 16.9. The third-order valence-electron chi connectivity index (χ3n) is 4.90. The highest BCUT2D eigenvalue weighted by molar-refractivity contribution is 5.78. The molecule has 0 spiro atoms. The van der Waals surface area contributed by atoms with Crippen LogP contribution < -0.4 is 5.32 Å². The van der Waals surface area contributed by atoms with Crippen LogP contribution in [0.3, 0.4) is 0 Å². The van der Waals surface area contributed by atoms with E-state index in [1.165, 1.54) is 5.52 Å². The highest BCUT2D eigenvalue weighted by atomic mass is 16.2. The van der Waals surface area contributed by atoms with Gasteiger partial charge in [-0.1, -0.05) is 12.1 Å². The predicted octanol–water partition coefficient (Wildman–Crippen LogP) is 1.35. The Hall–Kier alpha value is -1.92. The molecule has 1 aromatic heterocycles. The van der Waals surface area contributed by atoms with Crippen molar-refractivity contribution in [3.63, 3.8) is 0 Å². The molecule has 6 nitrogen and oxygen atoms in total. The molecule has 6 heteroatoms. The second-order valence-electron chi connectivity index (χ2n) is 6.79. The van der Waals surface area contributed by atoms with Gasteiger partial charge in [-0.05, 0) is 45.6 Å². The van der Waals surface area contributed by atoms with E-state index in [1.807, 2.05) is 18.2 Å². The zero-order valence-corrected chi connectivity index (χ0v) is 15.4. The van der Waals surface area contributed by atoms with Crippen molar-refractivity contribution in [2.24, 2.45) is 0 Å². The Morgan fingerprint density at radius 1 is 1.20 bits per heavy atom. The van der Waals surface area contributed by atoms with Crippen LogP contribution in [-0.4, -0.2) is 71.6 Å². The molecule has 3 rings (SSSR count). The SMILES string of the molecule is CCn1c(CCNC(=O)CN2CCCN(C)CC2)nc2ccccc21. The molecule has 1 fully saturated rings. The van der Waals surface area contributed by atoms with E-state index >= 15 is 0 Å². The molecule has 1 N–H and O–H groups in total. The molecule has 1 aliphatic rings. The minimum Gasteiger partial charge on any atom is -0.355 e. The minimum absolute atomic E-state index is 0.115. The van der Waals surface area contributed by atoms with E-state index in [9.17, 15) is 4.79 Å². The molecule has 0 saturated carbocycles. The van der Waals surface area contributed by atoms with Crippen LogP contribution in [0.25, 0.3) is 11.0 Å². The van der Waals surface area contributed by atoms with Crippen molar-refractivity contribution in [3.8, 4) is 0 Å². The zero-order chi connectivity index (χ0) is 17.6. The zero-order valence-electron chi connectivity index (χ0n) is 15.4. The fourth-order valence-corrected chi connectivity index (χ4v) is 3.50. The summed E-state index contributed by atoms with van der Waals surface area (Å²) in [4.78, 5) is 21.5. The Labute approximate surface area is 149 Å². The summed E-state index contributed by atoms with van der Waals surface area (Å²) in [5, 5.41) is 3.06. The topological polar surface area (TPSA) is 53.4 Å². The van der Waals surface area contributed by atoms with Crippen molar-refractivity contribution in [1.29, 1.82) is 0 Å². The summed E-state index contributed by atoms with van der Waals surface area (Å²) in [6.45, 7) is 8.28. The smallest absolute Gasteiger partial charge is 0.234 e. The number of aromatic nitrogens is 2. The molecule has 1 aliphatic heterocycles. The van der Waals surface area contributed by atoms with Gasteiger partial charge >= 0.3 is 0 Å². The highest BCUT2D eigenvalue weighted by Crippen LogP contribution is 2.16. The fourth-order valence-electron chi connectivity index (χ4n) is 3.50. The summed E-state index contributed by atoms with van der Waals surface area (Å²) in [7, 11) is 2.14. The third-order valence-corrected chi connectivity index (χ3v) is 4.90. The average Bonchev–Trinajstić information content (AvgIpc) is 2.84. The lowest BCUT2D eigenvalue weighted by Crippen LogP contribution is -2.39. The molecular weight excluding hydrogens is 314 g/mol. The lowest BCUT2D eigenvalue weighted by Gasteiger charge is -2.19. The number of nitrogens with one attached hydrogen (secondary N) is 1. The van der Waals surface area contributed by atoms with Crippen molar-refractivity contribution in [2.45, 2.75) is 26.3 Å². The molecule has 0 unspecified atom stereocenters. The van der Waals surface area contributed by atoms with E-state index in [1.54, 1.807) is 0 Å². The molecular formula is C19H29N5O. The second kappa shape index (κ2) is 8.45. The van der Waals surface area contributed by atoms with Crippen LogP contribution in [0, 0.1) is 0 Å².